The third-order valence-electron chi connectivity index (χ3n) is 5.70. The Morgan fingerprint density at radius 1 is 0.543 bits per heavy atom. The second-order valence-electron chi connectivity index (χ2n) is 9.28. The van der Waals surface area contributed by atoms with Crippen LogP contribution in [0.5, 0.6) is 0 Å². The molecule has 0 bridgehead atoms. The van der Waals surface area contributed by atoms with Crippen molar-refractivity contribution in [2.45, 2.75) is 130 Å². The van der Waals surface area contributed by atoms with Crippen molar-refractivity contribution >= 4 is 5.97 Å². The standard InChI is InChI=1S/C20H32O2.C12H27N/c1-2-3-4-5-6-7-8-9-10-11-12-13-14-15-16-17-18-19-20(21)22;1-4-7-10-13(11-8-5-2)12-9-6-3/h6-7,9-10,12-13,15-16H,2-5,8,11,14,17-19H2,1H3,(H,21,22);4-12H2,1-3H3. The Labute approximate surface area is 219 Å². The summed E-state index contributed by atoms with van der Waals surface area (Å²) in [4.78, 5) is 12.9. The highest BCUT2D eigenvalue weighted by Gasteiger charge is 2.01. The number of carboxylic acids is 1. The molecule has 0 unspecified atom stereocenters. The smallest absolute Gasteiger partial charge is 0.303 e. The molecule has 0 saturated carbocycles. The predicted octanol–water partition coefficient (Wildman–Crippen LogP) is 9.91. The number of carboxylic acid groups (broad SMARTS) is 1. The van der Waals surface area contributed by atoms with Gasteiger partial charge in [-0.2, -0.15) is 0 Å². The molecule has 0 atom stereocenters. The number of hydrogen-bond acceptors (Lipinski definition) is 2. The fraction of sp³-hybridized carbons (Fsp3) is 0.719. The fourth-order valence-electron chi connectivity index (χ4n) is 3.41. The lowest BCUT2D eigenvalue weighted by molar-refractivity contribution is -0.137. The summed E-state index contributed by atoms with van der Waals surface area (Å²) in [6.45, 7) is 13.0. The number of unbranched alkanes of at least 4 members (excludes halogenated alkanes) is 7. The lowest BCUT2D eigenvalue weighted by atomic mass is 10.2. The van der Waals surface area contributed by atoms with Gasteiger partial charge < -0.3 is 10.0 Å². The highest BCUT2D eigenvalue weighted by Crippen LogP contribution is 2.02. The van der Waals surface area contributed by atoms with Gasteiger partial charge in [-0.25, -0.2) is 0 Å². The van der Waals surface area contributed by atoms with Crippen LogP contribution in [-0.2, 0) is 4.79 Å². The third kappa shape index (κ3) is 34.6. The van der Waals surface area contributed by atoms with Gasteiger partial charge >= 0.3 is 5.97 Å². The Hall–Kier alpha value is -1.61. The van der Waals surface area contributed by atoms with Crippen molar-refractivity contribution in [2.75, 3.05) is 19.6 Å². The quantitative estimate of drug-likeness (QED) is 0.115. The maximum Gasteiger partial charge on any atom is 0.303 e. The molecule has 0 aromatic carbocycles. The predicted molar refractivity (Wildman–Crippen MR) is 157 cm³/mol. The first-order chi connectivity index (χ1) is 17.1. The molecule has 0 aromatic rings. The molecule has 204 valence electrons. The van der Waals surface area contributed by atoms with E-state index in [0.29, 0.717) is 0 Å². The maximum atomic E-state index is 10.3. The Morgan fingerprint density at radius 2 is 0.914 bits per heavy atom. The first-order valence-corrected chi connectivity index (χ1v) is 14.7. The zero-order valence-electron chi connectivity index (χ0n) is 23.9. The van der Waals surface area contributed by atoms with E-state index in [4.69, 9.17) is 5.11 Å². The molecule has 0 amide bonds. The molecule has 0 heterocycles. The van der Waals surface area contributed by atoms with Crippen LogP contribution in [-0.4, -0.2) is 35.6 Å². The Bertz CT molecular complexity index is 515. The first-order valence-electron chi connectivity index (χ1n) is 14.7. The van der Waals surface area contributed by atoms with Crippen LogP contribution in [0.25, 0.3) is 0 Å². The van der Waals surface area contributed by atoms with Gasteiger partial charge in [-0.1, -0.05) is 108 Å². The number of hydrogen-bond donors (Lipinski definition) is 1. The molecule has 0 aliphatic heterocycles. The van der Waals surface area contributed by atoms with Crippen LogP contribution >= 0.6 is 0 Å². The molecule has 0 rings (SSSR count). The van der Waals surface area contributed by atoms with Gasteiger partial charge in [-0.3, -0.25) is 4.79 Å². The van der Waals surface area contributed by atoms with Gasteiger partial charge in [0, 0.05) is 6.42 Å². The number of rotatable bonds is 23. The average molecular weight is 490 g/mol. The lowest BCUT2D eigenvalue weighted by Gasteiger charge is -2.21. The number of carbonyl (C=O) groups is 1. The molecular formula is C32H59NO2. The van der Waals surface area contributed by atoms with E-state index in [0.717, 1.165) is 32.1 Å². The minimum Gasteiger partial charge on any atom is -0.481 e. The van der Waals surface area contributed by atoms with E-state index in [9.17, 15) is 4.79 Å². The number of aliphatic carboxylic acids is 1. The minimum atomic E-state index is -0.712. The zero-order valence-corrected chi connectivity index (χ0v) is 23.9. The summed E-state index contributed by atoms with van der Waals surface area (Å²) in [5.74, 6) is -0.712. The van der Waals surface area contributed by atoms with E-state index >= 15 is 0 Å². The Morgan fingerprint density at radius 3 is 1.29 bits per heavy atom. The van der Waals surface area contributed by atoms with E-state index in [-0.39, 0.29) is 6.42 Å². The topological polar surface area (TPSA) is 40.5 Å². The number of nitrogens with zero attached hydrogens (tertiary/aromatic N) is 1. The maximum absolute atomic E-state index is 10.3. The normalized spacial score (nSPS) is 11.9. The third-order valence-corrected chi connectivity index (χ3v) is 5.70. The Kier molecular flexibility index (Phi) is 32.9. The molecule has 0 aliphatic rings. The summed E-state index contributed by atoms with van der Waals surface area (Å²) in [7, 11) is 0. The summed E-state index contributed by atoms with van der Waals surface area (Å²) in [5.41, 5.74) is 0. The van der Waals surface area contributed by atoms with Crippen molar-refractivity contribution in [2.24, 2.45) is 0 Å². The van der Waals surface area contributed by atoms with E-state index < -0.39 is 5.97 Å². The SMILES string of the molecule is CCCCCC=CCC=CCC=CCC=CCCCC(=O)O.CCCCN(CCCC)CCCC. The van der Waals surface area contributed by atoms with Gasteiger partial charge in [0.15, 0.2) is 0 Å². The van der Waals surface area contributed by atoms with Gasteiger partial charge in [-0.05, 0) is 83.8 Å². The molecule has 3 nitrogen and oxygen atoms in total. The van der Waals surface area contributed by atoms with E-state index in [1.54, 1.807) is 0 Å². The largest absolute Gasteiger partial charge is 0.481 e. The van der Waals surface area contributed by atoms with Crippen LogP contribution in [0.2, 0.25) is 0 Å². The fourth-order valence-corrected chi connectivity index (χ4v) is 3.41. The summed E-state index contributed by atoms with van der Waals surface area (Å²) in [6.07, 6.45) is 35.4. The lowest BCUT2D eigenvalue weighted by Crippen LogP contribution is -2.27. The first kappa shape index (κ1) is 35.6. The summed E-state index contributed by atoms with van der Waals surface area (Å²) in [5, 5.41) is 8.49. The van der Waals surface area contributed by atoms with Crippen LogP contribution in [0.3, 0.4) is 0 Å². The number of allylic oxidation sites excluding steroid dienone is 8. The van der Waals surface area contributed by atoms with E-state index in [1.807, 2.05) is 0 Å². The summed E-state index contributed by atoms with van der Waals surface area (Å²) < 4.78 is 0. The second kappa shape index (κ2) is 32.4. The second-order valence-corrected chi connectivity index (χ2v) is 9.28. The van der Waals surface area contributed by atoms with Crippen LogP contribution in [0.4, 0.5) is 0 Å². The van der Waals surface area contributed by atoms with Crippen molar-refractivity contribution < 1.29 is 9.90 Å². The van der Waals surface area contributed by atoms with Crippen LogP contribution < -0.4 is 0 Å². The van der Waals surface area contributed by atoms with Crippen molar-refractivity contribution in [1.29, 1.82) is 0 Å². The van der Waals surface area contributed by atoms with Crippen LogP contribution in [0.1, 0.15) is 130 Å². The molecule has 3 heteroatoms. The van der Waals surface area contributed by atoms with Crippen molar-refractivity contribution in [3.63, 3.8) is 0 Å². The van der Waals surface area contributed by atoms with E-state index in [1.165, 1.54) is 83.8 Å². The van der Waals surface area contributed by atoms with Crippen molar-refractivity contribution in [1.82, 2.24) is 4.90 Å². The molecule has 0 fully saturated rings. The molecule has 0 spiro atoms. The monoisotopic (exact) mass is 489 g/mol. The highest BCUT2D eigenvalue weighted by atomic mass is 16.4. The van der Waals surface area contributed by atoms with Crippen LogP contribution in [0.15, 0.2) is 48.6 Å². The molecule has 0 aromatic heterocycles. The van der Waals surface area contributed by atoms with Gasteiger partial charge in [-0.15, -0.1) is 0 Å². The average Bonchev–Trinajstić information content (AvgIpc) is 2.85. The van der Waals surface area contributed by atoms with Gasteiger partial charge in [0.2, 0.25) is 0 Å². The molecule has 0 saturated heterocycles. The molecule has 0 radical (unpaired) electrons. The minimum absolute atomic E-state index is 0.262. The van der Waals surface area contributed by atoms with Gasteiger partial charge in [0.1, 0.15) is 0 Å². The van der Waals surface area contributed by atoms with Gasteiger partial charge in [0.05, 0.1) is 0 Å². The molecule has 0 aliphatic carbocycles. The summed E-state index contributed by atoms with van der Waals surface area (Å²) >= 11 is 0. The Balaban J connectivity index is 0. The van der Waals surface area contributed by atoms with Crippen LogP contribution in [0, 0.1) is 0 Å². The van der Waals surface area contributed by atoms with Gasteiger partial charge in [0.25, 0.3) is 0 Å². The molecule has 1 N–H and O–H groups in total. The molecule has 35 heavy (non-hydrogen) atoms. The van der Waals surface area contributed by atoms with Crippen molar-refractivity contribution in [3.8, 4) is 0 Å². The summed E-state index contributed by atoms with van der Waals surface area (Å²) in [6, 6.07) is 0. The van der Waals surface area contributed by atoms with Crippen molar-refractivity contribution in [3.05, 3.63) is 48.6 Å². The van der Waals surface area contributed by atoms with E-state index in [2.05, 4.69) is 81.2 Å². The highest BCUT2D eigenvalue weighted by molar-refractivity contribution is 5.66. The molecular weight excluding hydrogens is 430 g/mol. The zero-order chi connectivity index (χ0) is 26.2.